The van der Waals surface area contributed by atoms with Crippen molar-refractivity contribution in [3.05, 3.63) is 35.4 Å². The zero-order valence-corrected chi connectivity index (χ0v) is 6.52. The third-order valence-corrected chi connectivity index (χ3v) is 0.968. The number of halogens is 1. The lowest BCUT2D eigenvalue weighted by atomic mass is 10.2. The first kappa shape index (κ1) is 9.00. The highest BCUT2D eigenvalue weighted by Gasteiger charge is 1.82. The van der Waals surface area contributed by atoms with Gasteiger partial charge in [0.25, 0.3) is 0 Å². The van der Waals surface area contributed by atoms with Crippen LogP contribution in [-0.2, 0) is 0 Å². The van der Waals surface area contributed by atoms with Crippen molar-refractivity contribution in [2.45, 2.75) is 6.92 Å². The summed E-state index contributed by atoms with van der Waals surface area (Å²) in [7, 11) is 0. The maximum Gasteiger partial charge on any atom is 0.0991 e. The zero-order valence-electron chi connectivity index (χ0n) is 5.76. The van der Waals surface area contributed by atoms with Gasteiger partial charge in [-0.15, -0.1) is 0 Å². The second-order valence-corrected chi connectivity index (χ2v) is 2.29. The van der Waals surface area contributed by atoms with Crippen molar-refractivity contribution >= 4 is 11.6 Å². The summed E-state index contributed by atoms with van der Waals surface area (Å²) in [5, 5.41) is 9.02. The number of hydrogen-bond acceptors (Lipinski definition) is 1. The molecule has 0 atom stereocenters. The largest absolute Gasteiger partial charge is 0.192 e. The highest BCUT2D eigenvalue weighted by molar-refractivity contribution is 6.29. The van der Waals surface area contributed by atoms with E-state index < -0.39 is 0 Å². The molecule has 10 heavy (non-hydrogen) atoms. The topological polar surface area (TPSA) is 23.8 Å². The van der Waals surface area contributed by atoms with Gasteiger partial charge in [0, 0.05) is 5.03 Å². The third kappa shape index (κ3) is 3.94. The van der Waals surface area contributed by atoms with Gasteiger partial charge in [0.05, 0.1) is 11.6 Å². The van der Waals surface area contributed by atoms with Crippen LogP contribution in [0, 0.1) is 11.3 Å². The first-order valence-corrected chi connectivity index (χ1v) is 3.15. The molecule has 0 saturated carbocycles. The SMILES string of the molecule is C=C/C(C#N)=C\C=C(/C)Cl. The molecule has 0 aromatic rings. The molecule has 0 unspecified atom stereocenters. The fourth-order valence-electron chi connectivity index (χ4n) is 0.356. The van der Waals surface area contributed by atoms with Crippen LogP contribution in [0.1, 0.15) is 6.92 Å². The van der Waals surface area contributed by atoms with E-state index in [1.807, 2.05) is 6.07 Å². The van der Waals surface area contributed by atoms with Crippen molar-refractivity contribution in [2.75, 3.05) is 0 Å². The van der Waals surface area contributed by atoms with Gasteiger partial charge in [-0.3, -0.25) is 0 Å². The maximum atomic E-state index is 8.38. The van der Waals surface area contributed by atoms with Crippen molar-refractivity contribution in [1.29, 1.82) is 5.26 Å². The lowest BCUT2D eigenvalue weighted by Gasteiger charge is -1.82. The Morgan fingerprint density at radius 3 is 2.50 bits per heavy atom. The van der Waals surface area contributed by atoms with Crippen molar-refractivity contribution in [3.63, 3.8) is 0 Å². The first-order chi connectivity index (χ1) is 4.70. The molecule has 0 aliphatic carbocycles. The molecule has 0 spiro atoms. The highest BCUT2D eigenvalue weighted by atomic mass is 35.5. The second kappa shape index (κ2) is 4.84. The van der Waals surface area contributed by atoms with Crippen molar-refractivity contribution in [2.24, 2.45) is 0 Å². The van der Waals surface area contributed by atoms with E-state index in [0.29, 0.717) is 10.6 Å². The molecule has 0 aliphatic rings. The van der Waals surface area contributed by atoms with Gasteiger partial charge in [-0.1, -0.05) is 24.3 Å². The Morgan fingerprint density at radius 1 is 1.60 bits per heavy atom. The van der Waals surface area contributed by atoms with E-state index in [4.69, 9.17) is 16.9 Å². The van der Waals surface area contributed by atoms with Gasteiger partial charge in [0.15, 0.2) is 0 Å². The fraction of sp³-hybridized carbons (Fsp3) is 0.125. The molecule has 0 aromatic heterocycles. The van der Waals surface area contributed by atoms with Gasteiger partial charge in [0.1, 0.15) is 0 Å². The van der Waals surface area contributed by atoms with Crippen LogP contribution in [0.3, 0.4) is 0 Å². The minimum atomic E-state index is 0.514. The van der Waals surface area contributed by atoms with Crippen LogP contribution < -0.4 is 0 Å². The summed E-state index contributed by atoms with van der Waals surface area (Å²) in [6.07, 6.45) is 4.76. The Bertz CT molecular complexity index is 214. The van der Waals surface area contributed by atoms with Gasteiger partial charge in [-0.05, 0) is 19.1 Å². The quantitative estimate of drug-likeness (QED) is 0.442. The molecule has 0 radical (unpaired) electrons. The lowest BCUT2D eigenvalue weighted by molar-refractivity contribution is 1.50. The van der Waals surface area contributed by atoms with Crippen LogP contribution in [0.5, 0.6) is 0 Å². The predicted molar refractivity (Wildman–Crippen MR) is 43.5 cm³/mol. The fourth-order valence-corrected chi connectivity index (χ4v) is 0.419. The van der Waals surface area contributed by atoms with Crippen molar-refractivity contribution < 1.29 is 0 Å². The molecular formula is C8H8ClN. The molecule has 0 amide bonds. The van der Waals surface area contributed by atoms with E-state index in [0.717, 1.165) is 0 Å². The van der Waals surface area contributed by atoms with Gasteiger partial charge < -0.3 is 0 Å². The van der Waals surface area contributed by atoms with Crippen LogP contribution in [-0.4, -0.2) is 0 Å². The summed E-state index contributed by atoms with van der Waals surface area (Å²) in [5.74, 6) is 0. The summed E-state index contributed by atoms with van der Waals surface area (Å²) in [5.41, 5.74) is 0.514. The normalized spacial score (nSPS) is 12.5. The summed E-state index contributed by atoms with van der Waals surface area (Å²) in [6.45, 7) is 5.19. The zero-order chi connectivity index (χ0) is 7.98. The Hall–Kier alpha value is -1.000. The molecule has 0 rings (SSSR count). The Kier molecular flexibility index (Phi) is 4.36. The molecule has 0 heterocycles. The summed E-state index contributed by atoms with van der Waals surface area (Å²) < 4.78 is 0. The number of nitrogens with zero attached hydrogens (tertiary/aromatic N) is 1. The molecule has 0 bridgehead atoms. The average molecular weight is 154 g/mol. The van der Waals surface area contributed by atoms with E-state index in [2.05, 4.69) is 6.58 Å². The monoisotopic (exact) mass is 153 g/mol. The van der Waals surface area contributed by atoms with Gasteiger partial charge in [-0.25, -0.2) is 0 Å². The van der Waals surface area contributed by atoms with Crippen LogP contribution in [0.2, 0.25) is 0 Å². The number of nitriles is 1. The molecule has 0 saturated heterocycles. The maximum absolute atomic E-state index is 8.38. The first-order valence-electron chi connectivity index (χ1n) is 2.77. The highest BCUT2D eigenvalue weighted by Crippen LogP contribution is 2.00. The minimum absolute atomic E-state index is 0.514. The van der Waals surface area contributed by atoms with Crippen molar-refractivity contribution in [3.8, 4) is 6.07 Å². The molecule has 52 valence electrons. The summed E-state index contributed by atoms with van der Waals surface area (Å²) in [4.78, 5) is 0. The standard InChI is InChI=1S/C8H8ClN/c1-3-8(6-10)5-4-7(2)9/h3-5H,1H2,2H3/b7-4+,8-5+. The minimum Gasteiger partial charge on any atom is -0.192 e. The van der Waals surface area contributed by atoms with Crippen LogP contribution in [0.4, 0.5) is 0 Å². The second-order valence-electron chi connectivity index (χ2n) is 1.69. The molecule has 0 aliphatic heterocycles. The van der Waals surface area contributed by atoms with E-state index in [9.17, 15) is 0 Å². The van der Waals surface area contributed by atoms with E-state index >= 15 is 0 Å². The van der Waals surface area contributed by atoms with Gasteiger partial charge in [-0.2, -0.15) is 5.26 Å². The molecule has 0 fully saturated rings. The Morgan fingerprint density at radius 2 is 2.20 bits per heavy atom. The Labute approximate surface area is 65.9 Å². The molecule has 1 nitrogen and oxygen atoms in total. The van der Waals surface area contributed by atoms with Crippen LogP contribution in [0.15, 0.2) is 35.4 Å². The van der Waals surface area contributed by atoms with Crippen molar-refractivity contribution in [1.82, 2.24) is 0 Å². The van der Waals surface area contributed by atoms with E-state index in [-0.39, 0.29) is 0 Å². The van der Waals surface area contributed by atoms with E-state index in [1.54, 1.807) is 19.1 Å². The third-order valence-electron chi connectivity index (χ3n) is 0.842. The number of rotatable bonds is 2. The van der Waals surface area contributed by atoms with Crippen LogP contribution in [0.25, 0.3) is 0 Å². The molecule has 0 aromatic carbocycles. The number of allylic oxidation sites excluding steroid dienone is 5. The predicted octanol–water partition coefficient (Wildman–Crippen LogP) is 2.76. The molecule has 2 heteroatoms. The van der Waals surface area contributed by atoms with Crippen LogP contribution >= 0.6 is 11.6 Å². The number of hydrogen-bond donors (Lipinski definition) is 0. The molecular weight excluding hydrogens is 146 g/mol. The summed E-state index contributed by atoms with van der Waals surface area (Å²) in [6, 6.07) is 1.95. The van der Waals surface area contributed by atoms with Gasteiger partial charge in [0.2, 0.25) is 0 Å². The van der Waals surface area contributed by atoms with Gasteiger partial charge >= 0.3 is 0 Å². The molecule has 0 N–H and O–H groups in total. The smallest absolute Gasteiger partial charge is 0.0991 e. The summed E-state index contributed by atoms with van der Waals surface area (Å²) >= 11 is 5.51. The van der Waals surface area contributed by atoms with E-state index in [1.165, 1.54) is 6.08 Å². The average Bonchev–Trinajstić information content (AvgIpc) is 1.90. The Balaban J connectivity index is 4.31. The lowest BCUT2D eigenvalue weighted by Crippen LogP contribution is -1.67.